The third kappa shape index (κ3) is 4.61. The zero-order valence-electron chi connectivity index (χ0n) is 17.0. The lowest BCUT2D eigenvalue weighted by atomic mass is 9.78. The molecule has 6 nitrogen and oxygen atoms in total. The Hall–Kier alpha value is -2.15. The van der Waals surface area contributed by atoms with Gasteiger partial charge in [0.15, 0.2) is 0 Å². The first-order valence-corrected chi connectivity index (χ1v) is 10.1. The molecule has 2 saturated carbocycles. The highest BCUT2D eigenvalue weighted by Gasteiger charge is 2.32. The Morgan fingerprint density at radius 1 is 1.07 bits per heavy atom. The molecule has 0 aliphatic heterocycles. The van der Waals surface area contributed by atoms with Gasteiger partial charge in [-0.15, -0.1) is 24.8 Å². The number of benzene rings is 1. The summed E-state index contributed by atoms with van der Waals surface area (Å²) in [5, 5.41) is 7.43. The topological polar surface area (TPSA) is 83.7 Å². The van der Waals surface area contributed by atoms with E-state index in [2.05, 4.69) is 40.3 Å². The van der Waals surface area contributed by atoms with Gasteiger partial charge in [0.1, 0.15) is 11.6 Å². The van der Waals surface area contributed by atoms with E-state index in [1.807, 2.05) is 24.4 Å². The molecule has 8 heteroatoms. The molecule has 5 rings (SSSR count). The summed E-state index contributed by atoms with van der Waals surface area (Å²) in [6.07, 6.45) is 6.38. The minimum atomic E-state index is 0. The average molecular weight is 447 g/mol. The minimum Gasteiger partial charge on any atom is -0.355 e. The first-order valence-electron chi connectivity index (χ1n) is 10.1. The van der Waals surface area contributed by atoms with Crippen molar-refractivity contribution in [2.24, 2.45) is 5.73 Å². The number of hydrogen-bond acceptors (Lipinski definition) is 5. The van der Waals surface area contributed by atoms with Crippen LogP contribution in [-0.4, -0.2) is 33.3 Å². The lowest BCUT2D eigenvalue weighted by molar-refractivity contribution is 0.344. The van der Waals surface area contributed by atoms with Crippen LogP contribution in [0.1, 0.15) is 54.6 Å². The number of nitrogens with two attached hydrogens (primary N) is 1. The smallest absolute Gasteiger partial charge is 0.134 e. The first kappa shape index (κ1) is 22.5. The minimum absolute atomic E-state index is 0. The van der Waals surface area contributed by atoms with Crippen molar-refractivity contribution in [1.29, 1.82) is 0 Å². The second-order valence-corrected chi connectivity index (χ2v) is 8.20. The molecule has 0 bridgehead atoms. The number of nitrogens with one attached hydrogen (secondary N) is 1. The number of anilines is 1. The van der Waals surface area contributed by atoms with Gasteiger partial charge in [0.2, 0.25) is 0 Å². The van der Waals surface area contributed by atoms with E-state index in [1.165, 1.54) is 12.8 Å². The fourth-order valence-electron chi connectivity index (χ4n) is 3.93. The maximum absolute atomic E-state index is 6.01. The molecule has 0 radical (unpaired) electrons. The third-order valence-corrected chi connectivity index (χ3v) is 5.86. The lowest BCUT2D eigenvalue weighted by Gasteiger charge is -2.32. The fraction of sp³-hybridized carbons (Fsp3) is 0.409. The monoisotopic (exact) mass is 446 g/mol. The molecule has 0 atom stereocenters. The SMILES string of the molecule is CN(Cc1cn[nH]c1-c1ccccc1)c1cc(C2CC(N)C2)nc(C2CC2)n1.Cl.Cl. The summed E-state index contributed by atoms with van der Waals surface area (Å²) in [6, 6.07) is 12.8. The largest absolute Gasteiger partial charge is 0.355 e. The summed E-state index contributed by atoms with van der Waals surface area (Å²) < 4.78 is 0. The number of nitrogens with zero attached hydrogens (tertiary/aromatic N) is 4. The molecule has 160 valence electrons. The molecule has 3 N–H and O–H groups in total. The second kappa shape index (κ2) is 9.33. The van der Waals surface area contributed by atoms with Gasteiger partial charge in [-0.2, -0.15) is 5.10 Å². The van der Waals surface area contributed by atoms with Gasteiger partial charge in [0.25, 0.3) is 0 Å². The molecule has 2 fully saturated rings. The first-order chi connectivity index (χ1) is 13.7. The highest BCUT2D eigenvalue weighted by molar-refractivity contribution is 5.85. The van der Waals surface area contributed by atoms with E-state index in [0.29, 0.717) is 17.9 Å². The van der Waals surface area contributed by atoms with Gasteiger partial charge in [0, 0.05) is 48.8 Å². The normalized spacial score (nSPS) is 19.9. The standard InChI is InChI=1S/C22H26N6.2ClH/c1-28(13-17-12-24-27-21(17)14-5-3-2-4-6-14)20-11-19(16-9-18(23)10-16)25-22(26-20)15-7-8-15;;/h2-6,11-12,15-16,18H,7-10,13,23H2,1H3,(H,24,27);2*1H. The van der Waals surface area contributed by atoms with Crippen molar-refractivity contribution in [1.82, 2.24) is 20.2 Å². The van der Waals surface area contributed by atoms with Crippen LogP contribution in [-0.2, 0) is 6.54 Å². The van der Waals surface area contributed by atoms with Crippen LogP contribution in [0.4, 0.5) is 5.82 Å². The number of aromatic amines is 1. The van der Waals surface area contributed by atoms with Gasteiger partial charge in [-0.3, -0.25) is 5.10 Å². The highest BCUT2D eigenvalue weighted by Crippen LogP contribution is 2.41. The zero-order valence-corrected chi connectivity index (χ0v) is 18.6. The van der Waals surface area contributed by atoms with E-state index in [1.54, 1.807) is 0 Å². The fourth-order valence-corrected chi connectivity index (χ4v) is 3.93. The summed E-state index contributed by atoms with van der Waals surface area (Å²) in [4.78, 5) is 12.0. The van der Waals surface area contributed by atoms with Gasteiger partial charge in [0.05, 0.1) is 11.9 Å². The third-order valence-electron chi connectivity index (χ3n) is 5.86. The molecule has 2 aliphatic carbocycles. The number of halogens is 2. The van der Waals surface area contributed by atoms with Gasteiger partial charge in [-0.1, -0.05) is 30.3 Å². The second-order valence-electron chi connectivity index (χ2n) is 8.20. The molecule has 2 heterocycles. The molecule has 0 saturated heterocycles. The van der Waals surface area contributed by atoms with Gasteiger partial charge in [-0.05, 0) is 31.2 Å². The van der Waals surface area contributed by atoms with Crippen molar-refractivity contribution in [2.45, 2.75) is 50.1 Å². The van der Waals surface area contributed by atoms with Crippen LogP contribution in [0.15, 0.2) is 42.6 Å². The van der Waals surface area contributed by atoms with Crippen molar-refractivity contribution in [3.8, 4) is 11.3 Å². The summed E-state index contributed by atoms with van der Waals surface area (Å²) in [7, 11) is 2.09. The molecule has 2 aliphatic rings. The Labute approximate surface area is 189 Å². The van der Waals surface area contributed by atoms with E-state index < -0.39 is 0 Å². The summed E-state index contributed by atoms with van der Waals surface area (Å²) in [6.45, 7) is 0.742. The molecule has 0 unspecified atom stereocenters. The molecule has 2 aromatic heterocycles. The summed E-state index contributed by atoms with van der Waals surface area (Å²) >= 11 is 0. The van der Waals surface area contributed by atoms with E-state index in [4.69, 9.17) is 15.7 Å². The Morgan fingerprint density at radius 2 is 1.80 bits per heavy atom. The number of H-pyrrole nitrogens is 1. The van der Waals surface area contributed by atoms with Crippen LogP contribution in [0, 0.1) is 0 Å². The Balaban J connectivity index is 0.00000128. The van der Waals surface area contributed by atoms with Crippen molar-refractivity contribution in [3.63, 3.8) is 0 Å². The van der Waals surface area contributed by atoms with Crippen LogP contribution in [0.2, 0.25) is 0 Å². The van der Waals surface area contributed by atoms with E-state index >= 15 is 0 Å². The predicted molar refractivity (Wildman–Crippen MR) is 125 cm³/mol. The molecule has 0 spiro atoms. The molecular formula is C22H28Cl2N6. The van der Waals surface area contributed by atoms with Crippen LogP contribution in [0.3, 0.4) is 0 Å². The van der Waals surface area contributed by atoms with Gasteiger partial charge >= 0.3 is 0 Å². The van der Waals surface area contributed by atoms with E-state index in [9.17, 15) is 0 Å². The summed E-state index contributed by atoms with van der Waals surface area (Å²) in [5.41, 5.74) is 10.5. The molecule has 30 heavy (non-hydrogen) atoms. The van der Waals surface area contributed by atoms with Gasteiger partial charge in [-0.25, -0.2) is 9.97 Å². The molecule has 1 aromatic carbocycles. The number of rotatable bonds is 6. The number of hydrogen-bond donors (Lipinski definition) is 2. The van der Waals surface area contributed by atoms with Crippen molar-refractivity contribution >= 4 is 30.6 Å². The number of aromatic nitrogens is 4. The van der Waals surface area contributed by atoms with Crippen LogP contribution in [0.25, 0.3) is 11.3 Å². The van der Waals surface area contributed by atoms with Crippen molar-refractivity contribution < 1.29 is 0 Å². The van der Waals surface area contributed by atoms with Gasteiger partial charge < -0.3 is 10.6 Å². The lowest BCUT2D eigenvalue weighted by Crippen LogP contribution is -2.35. The molecule has 3 aromatic rings. The van der Waals surface area contributed by atoms with Crippen LogP contribution < -0.4 is 10.6 Å². The average Bonchev–Trinajstić information content (AvgIpc) is 3.45. The Bertz CT molecular complexity index is 967. The predicted octanol–water partition coefficient (Wildman–Crippen LogP) is 4.43. The molecule has 0 amide bonds. The van der Waals surface area contributed by atoms with E-state index in [-0.39, 0.29) is 24.8 Å². The maximum atomic E-state index is 6.01. The molecular weight excluding hydrogens is 419 g/mol. The zero-order chi connectivity index (χ0) is 19.1. The summed E-state index contributed by atoms with van der Waals surface area (Å²) in [5.74, 6) is 3.02. The maximum Gasteiger partial charge on any atom is 0.134 e. The van der Waals surface area contributed by atoms with Crippen LogP contribution in [0.5, 0.6) is 0 Å². The quantitative estimate of drug-likeness (QED) is 0.584. The highest BCUT2D eigenvalue weighted by atomic mass is 35.5. The van der Waals surface area contributed by atoms with Crippen molar-refractivity contribution in [2.75, 3.05) is 11.9 Å². The van der Waals surface area contributed by atoms with E-state index in [0.717, 1.165) is 53.5 Å². The Morgan fingerprint density at radius 3 is 2.47 bits per heavy atom. The van der Waals surface area contributed by atoms with Crippen molar-refractivity contribution in [3.05, 3.63) is 59.7 Å². The Kier molecular flexibility index (Phi) is 7.01. The van der Waals surface area contributed by atoms with Crippen LogP contribution >= 0.6 is 24.8 Å².